The van der Waals surface area contributed by atoms with E-state index in [-0.39, 0.29) is 18.2 Å². The maximum absolute atomic E-state index is 13.1. The van der Waals surface area contributed by atoms with Crippen molar-refractivity contribution in [3.8, 4) is 11.5 Å². The Balaban J connectivity index is 1.58. The number of para-hydroxylation sites is 1. The average molecular weight is 536 g/mol. The summed E-state index contributed by atoms with van der Waals surface area (Å²) in [5.74, 6) is 0.815. The Morgan fingerprint density at radius 3 is 2.40 bits per heavy atom. The molecule has 9 heteroatoms. The normalized spacial score (nSPS) is 14.3. The Morgan fingerprint density at radius 1 is 1.06 bits per heavy atom. The van der Waals surface area contributed by atoms with Crippen LogP contribution in [-0.2, 0) is 11.4 Å². The number of carbonyl (C=O) groups is 1. The van der Waals surface area contributed by atoms with E-state index in [0.29, 0.717) is 39.6 Å². The lowest BCUT2D eigenvalue weighted by atomic mass is 10.1. The number of hydrogen-bond acceptors (Lipinski definition) is 6. The van der Waals surface area contributed by atoms with E-state index in [4.69, 9.17) is 9.47 Å². The summed E-state index contributed by atoms with van der Waals surface area (Å²) in [5, 5.41) is 16.7. The average Bonchev–Trinajstić information content (AvgIpc) is 3.14. The van der Waals surface area contributed by atoms with Crippen LogP contribution in [0.4, 0.5) is 11.4 Å². The molecule has 0 saturated carbocycles. The van der Waals surface area contributed by atoms with Crippen molar-refractivity contribution in [2.24, 2.45) is 5.10 Å². The second-order valence-electron chi connectivity index (χ2n) is 7.66. The summed E-state index contributed by atoms with van der Waals surface area (Å²) in [5.41, 5.74) is 3.34. The van der Waals surface area contributed by atoms with Crippen LogP contribution in [0.3, 0.4) is 0 Å². The van der Waals surface area contributed by atoms with E-state index in [1.54, 1.807) is 37.3 Å². The maximum Gasteiger partial charge on any atom is 0.280 e. The minimum atomic E-state index is -0.442. The van der Waals surface area contributed by atoms with Gasteiger partial charge in [0, 0.05) is 16.6 Å². The Kier molecular flexibility index (Phi) is 7.26. The molecule has 0 atom stereocenters. The molecule has 0 aromatic heterocycles. The lowest BCUT2D eigenvalue weighted by molar-refractivity contribution is -0.384. The molecule has 3 aromatic carbocycles. The third-order valence-electron chi connectivity index (χ3n) is 5.27. The van der Waals surface area contributed by atoms with Gasteiger partial charge < -0.3 is 9.47 Å². The van der Waals surface area contributed by atoms with Crippen LogP contribution in [0.5, 0.6) is 11.5 Å². The zero-order valence-corrected chi connectivity index (χ0v) is 20.7. The smallest absolute Gasteiger partial charge is 0.280 e. The first-order valence-corrected chi connectivity index (χ1v) is 11.7. The SMILES string of the molecule is CCOc1cc(/C=C2/C(=O)N(c3ccccc3)N=C2C)c(Br)cc1OCc1ccc([N+](=O)[O-])cc1. The number of amides is 1. The second kappa shape index (κ2) is 10.5. The Morgan fingerprint density at radius 2 is 1.74 bits per heavy atom. The first-order valence-electron chi connectivity index (χ1n) is 10.9. The number of carbonyl (C=O) groups excluding carboxylic acids is 1. The van der Waals surface area contributed by atoms with Gasteiger partial charge in [0.2, 0.25) is 0 Å². The second-order valence-corrected chi connectivity index (χ2v) is 8.52. The number of nitro groups is 1. The first-order chi connectivity index (χ1) is 16.9. The number of ether oxygens (including phenoxy) is 2. The number of anilines is 1. The predicted octanol–water partition coefficient (Wildman–Crippen LogP) is 6.14. The fourth-order valence-electron chi connectivity index (χ4n) is 3.50. The number of hydrazone groups is 1. The van der Waals surface area contributed by atoms with Gasteiger partial charge in [0.1, 0.15) is 6.61 Å². The van der Waals surface area contributed by atoms with Crippen molar-refractivity contribution < 1.29 is 19.2 Å². The third kappa shape index (κ3) is 5.41. The van der Waals surface area contributed by atoms with Gasteiger partial charge in [-0.05, 0) is 67.4 Å². The van der Waals surface area contributed by atoms with Gasteiger partial charge in [-0.2, -0.15) is 10.1 Å². The highest BCUT2D eigenvalue weighted by Gasteiger charge is 2.29. The number of rotatable bonds is 8. The summed E-state index contributed by atoms with van der Waals surface area (Å²) in [6.07, 6.45) is 1.77. The minimum absolute atomic E-state index is 0.0232. The van der Waals surface area contributed by atoms with Crippen LogP contribution in [0.15, 0.2) is 81.9 Å². The molecule has 1 aliphatic rings. The monoisotopic (exact) mass is 535 g/mol. The van der Waals surface area contributed by atoms with Crippen LogP contribution in [0.1, 0.15) is 25.0 Å². The standard InChI is InChI=1S/C26H22BrN3O5/c1-3-34-24-14-19(13-22-17(2)28-29(26(22)31)20-7-5-4-6-8-20)23(27)15-25(24)35-16-18-9-11-21(12-10-18)30(32)33/h4-15H,3,16H2,1-2H3/b22-13+. The quantitative estimate of drug-likeness (QED) is 0.196. The van der Waals surface area contributed by atoms with Crippen molar-refractivity contribution in [1.82, 2.24) is 0 Å². The van der Waals surface area contributed by atoms with Gasteiger partial charge in [0.25, 0.3) is 11.6 Å². The molecule has 8 nitrogen and oxygen atoms in total. The number of halogens is 1. The van der Waals surface area contributed by atoms with Crippen molar-refractivity contribution in [2.75, 3.05) is 11.6 Å². The summed E-state index contributed by atoms with van der Waals surface area (Å²) in [4.78, 5) is 23.5. The summed E-state index contributed by atoms with van der Waals surface area (Å²) < 4.78 is 12.5. The molecule has 0 unspecified atom stereocenters. The van der Waals surface area contributed by atoms with Crippen molar-refractivity contribution >= 4 is 45.0 Å². The number of nitro benzene ring substituents is 1. The van der Waals surface area contributed by atoms with E-state index in [2.05, 4.69) is 21.0 Å². The van der Waals surface area contributed by atoms with Crippen LogP contribution >= 0.6 is 15.9 Å². The molecule has 0 bridgehead atoms. The molecular weight excluding hydrogens is 514 g/mol. The van der Waals surface area contributed by atoms with E-state index >= 15 is 0 Å². The number of nitrogens with zero attached hydrogens (tertiary/aromatic N) is 3. The Labute approximate surface area is 210 Å². The summed E-state index contributed by atoms with van der Waals surface area (Å²) in [7, 11) is 0. The molecule has 0 N–H and O–H groups in total. The van der Waals surface area contributed by atoms with Gasteiger partial charge in [-0.15, -0.1) is 0 Å². The van der Waals surface area contributed by atoms with E-state index in [9.17, 15) is 14.9 Å². The molecule has 0 saturated heterocycles. The summed E-state index contributed by atoms with van der Waals surface area (Å²) in [6.45, 7) is 4.30. The van der Waals surface area contributed by atoms with E-state index in [0.717, 1.165) is 11.1 Å². The molecule has 3 aromatic rings. The molecule has 0 fully saturated rings. The number of hydrogen-bond donors (Lipinski definition) is 0. The van der Waals surface area contributed by atoms with Crippen molar-refractivity contribution in [1.29, 1.82) is 0 Å². The topological polar surface area (TPSA) is 94.3 Å². The molecule has 1 heterocycles. The van der Waals surface area contributed by atoms with Gasteiger partial charge in [-0.3, -0.25) is 14.9 Å². The molecule has 4 rings (SSSR count). The zero-order valence-electron chi connectivity index (χ0n) is 19.1. The fraction of sp³-hybridized carbons (Fsp3) is 0.154. The summed E-state index contributed by atoms with van der Waals surface area (Å²) >= 11 is 3.57. The zero-order chi connectivity index (χ0) is 24.9. The fourth-order valence-corrected chi connectivity index (χ4v) is 3.94. The lowest BCUT2D eigenvalue weighted by Gasteiger charge is -2.14. The van der Waals surface area contributed by atoms with E-state index in [1.165, 1.54) is 17.1 Å². The maximum atomic E-state index is 13.1. The molecule has 1 aliphatic heterocycles. The third-order valence-corrected chi connectivity index (χ3v) is 5.95. The molecule has 0 aliphatic carbocycles. The van der Waals surface area contributed by atoms with Crippen molar-refractivity contribution in [3.63, 3.8) is 0 Å². The minimum Gasteiger partial charge on any atom is -0.490 e. The highest BCUT2D eigenvalue weighted by atomic mass is 79.9. The van der Waals surface area contributed by atoms with Crippen molar-refractivity contribution in [2.45, 2.75) is 20.5 Å². The molecule has 1 amide bonds. The van der Waals surface area contributed by atoms with Gasteiger partial charge in [-0.1, -0.05) is 34.1 Å². The Hall–Kier alpha value is -3.98. The van der Waals surface area contributed by atoms with Crippen LogP contribution in [0.25, 0.3) is 6.08 Å². The Bertz CT molecular complexity index is 1320. The van der Waals surface area contributed by atoms with Crippen LogP contribution in [0, 0.1) is 10.1 Å². The first kappa shape index (κ1) is 24.2. The lowest BCUT2D eigenvalue weighted by Crippen LogP contribution is -2.21. The van der Waals surface area contributed by atoms with Gasteiger partial charge in [-0.25, -0.2) is 0 Å². The molecule has 35 heavy (non-hydrogen) atoms. The van der Waals surface area contributed by atoms with Gasteiger partial charge in [0.05, 0.1) is 28.5 Å². The van der Waals surface area contributed by atoms with Gasteiger partial charge in [0.15, 0.2) is 11.5 Å². The summed E-state index contributed by atoms with van der Waals surface area (Å²) in [6, 6.07) is 19.0. The number of non-ortho nitro benzene ring substituents is 1. The van der Waals surface area contributed by atoms with Crippen LogP contribution in [0.2, 0.25) is 0 Å². The number of benzene rings is 3. The van der Waals surface area contributed by atoms with Gasteiger partial charge >= 0.3 is 0 Å². The van der Waals surface area contributed by atoms with Crippen LogP contribution < -0.4 is 14.5 Å². The predicted molar refractivity (Wildman–Crippen MR) is 138 cm³/mol. The highest BCUT2D eigenvalue weighted by Crippen LogP contribution is 2.36. The van der Waals surface area contributed by atoms with Crippen LogP contribution in [-0.4, -0.2) is 23.1 Å². The molecular formula is C26H22BrN3O5. The van der Waals surface area contributed by atoms with Crippen molar-refractivity contribution in [3.05, 3.63) is 98.0 Å². The van der Waals surface area contributed by atoms with E-state index in [1.807, 2.05) is 37.3 Å². The molecule has 178 valence electrons. The molecule has 0 spiro atoms. The molecule has 0 radical (unpaired) electrons. The van der Waals surface area contributed by atoms with E-state index < -0.39 is 4.92 Å². The highest BCUT2D eigenvalue weighted by molar-refractivity contribution is 9.10. The largest absolute Gasteiger partial charge is 0.490 e.